The average Bonchev–Trinajstić information content (AvgIpc) is 2.66. The van der Waals surface area contributed by atoms with E-state index >= 15 is 0 Å². The fourth-order valence-corrected chi connectivity index (χ4v) is 2.28. The fourth-order valence-electron chi connectivity index (χ4n) is 2.12. The number of alkyl halides is 3. The smallest absolute Gasteiger partial charge is 0.403 e. The molecule has 0 aliphatic carbocycles. The number of anilines is 2. The van der Waals surface area contributed by atoms with Crippen LogP contribution in [0.2, 0.25) is 5.02 Å². The largest absolute Gasteiger partial charge is 0.416 e. The highest BCUT2D eigenvalue weighted by Crippen LogP contribution is 2.30. The molecule has 7 nitrogen and oxygen atoms in total. The van der Waals surface area contributed by atoms with E-state index in [2.05, 4.69) is 25.6 Å². The van der Waals surface area contributed by atoms with Crippen molar-refractivity contribution in [3.05, 3.63) is 58.3 Å². The van der Waals surface area contributed by atoms with Gasteiger partial charge >= 0.3 is 6.18 Å². The number of aliphatic imine (C=N–C) groups is 1. The Morgan fingerprint density at radius 3 is 2.72 bits per heavy atom. The number of hydrogen-bond donors (Lipinski definition) is 4. The maximum Gasteiger partial charge on any atom is 0.416 e. The highest BCUT2D eigenvalue weighted by atomic mass is 35.5. The second kappa shape index (κ2) is 10.0. The average molecular weight is 433 g/mol. The SMILES string of the molecule is NC=C(C=NCCO)Nc1ncc(Cl)c(NCc2cc(F)cc(C(F)(F)F)c2)n1. The van der Waals surface area contributed by atoms with Crippen LogP contribution in [0.1, 0.15) is 11.1 Å². The maximum atomic E-state index is 13.5. The summed E-state index contributed by atoms with van der Waals surface area (Å²) in [5.41, 5.74) is 4.77. The molecule has 2 rings (SSSR count). The van der Waals surface area contributed by atoms with Crippen LogP contribution in [-0.2, 0) is 12.7 Å². The molecule has 0 radical (unpaired) electrons. The molecule has 0 aliphatic heterocycles. The van der Waals surface area contributed by atoms with Crippen LogP contribution in [0, 0.1) is 5.82 Å². The van der Waals surface area contributed by atoms with E-state index in [9.17, 15) is 17.6 Å². The van der Waals surface area contributed by atoms with E-state index in [4.69, 9.17) is 22.4 Å². The molecule has 0 fully saturated rings. The van der Waals surface area contributed by atoms with Crippen molar-refractivity contribution in [3.63, 3.8) is 0 Å². The van der Waals surface area contributed by atoms with Crippen LogP contribution < -0.4 is 16.4 Å². The number of halogens is 5. The van der Waals surface area contributed by atoms with Crippen LogP contribution in [-0.4, -0.2) is 34.4 Å². The number of nitrogens with two attached hydrogens (primary N) is 1. The zero-order chi connectivity index (χ0) is 21.4. The molecule has 0 bridgehead atoms. The van der Waals surface area contributed by atoms with Crippen molar-refractivity contribution in [2.45, 2.75) is 12.7 Å². The van der Waals surface area contributed by atoms with Crippen LogP contribution in [0.4, 0.5) is 29.3 Å². The van der Waals surface area contributed by atoms with Gasteiger partial charge in [-0.05, 0) is 23.8 Å². The Labute approximate surface area is 168 Å². The zero-order valence-electron chi connectivity index (χ0n) is 14.8. The molecule has 2 aromatic rings. The Morgan fingerprint density at radius 2 is 2.07 bits per heavy atom. The number of aromatic nitrogens is 2. The number of allylic oxidation sites excluding steroid dienone is 1. The topological polar surface area (TPSA) is 108 Å². The van der Waals surface area contributed by atoms with E-state index in [1.807, 2.05) is 0 Å². The number of rotatable bonds is 8. The minimum atomic E-state index is -4.66. The first-order valence-corrected chi connectivity index (χ1v) is 8.53. The summed E-state index contributed by atoms with van der Waals surface area (Å²) in [7, 11) is 0. The molecule has 1 heterocycles. The Bertz CT molecular complexity index is 904. The summed E-state index contributed by atoms with van der Waals surface area (Å²) in [5.74, 6) is -0.808. The molecule has 0 amide bonds. The maximum absolute atomic E-state index is 13.5. The number of benzene rings is 1. The quantitative estimate of drug-likeness (QED) is 0.377. The lowest BCUT2D eigenvalue weighted by Crippen LogP contribution is -2.11. The molecule has 0 atom stereocenters. The van der Waals surface area contributed by atoms with Crippen molar-refractivity contribution in [2.75, 3.05) is 23.8 Å². The van der Waals surface area contributed by atoms with Gasteiger partial charge in [-0.2, -0.15) is 18.2 Å². The third-order valence-corrected chi connectivity index (χ3v) is 3.66. The monoisotopic (exact) mass is 432 g/mol. The lowest BCUT2D eigenvalue weighted by molar-refractivity contribution is -0.137. The summed E-state index contributed by atoms with van der Waals surface area (Å²) in [6.45, 7) is -0.106. The lowest BCUT2D eigenvalue weighted by Gasteiger charge is -2.12. The Balaban J connectivity index is 2.14. The van der Waals surface area contributed by atoms with E-state index in [1.165, 1.54) is 18.6 Å². The van der Waals surface area contributed by atoms with Gasteiger partial charge in [0.15, 0.2) is 5.82 Å². The number of hydrogen-bond acceptors (Lipinski definition) is 7. The van der Waals surface area contributed by atoms with E-state index in [0.29, 0.717) is 11.8 Å². The van der Waals surface area contributed by atoms with E-state index in [0.717, 1.165) is 12.1 Å². The predicted octanol–water partition coefficient (Wildman–Crippen LogP) is 3.18. The molecule has 1 aromatic carbocycles. The molecule has 5 N–H and O–H groups in total. The van der Waals surface area contributed by atoms with Crippen LogP contribution in [0.3, 0.4) is 0 Å². The molecule has 0 saturated heterocycles. The Hall–Kier alpha value is -2.92. The molecule has 0 aliphatic rings. The van der Waals surface area contributed by atoms with Crippen LogP contribution in [0.5, 0.6) is 0 Å². The normalized spacial score (nSPS) is 12.4. The summed E-state index contributed by atoms with van der Waals surface area (Å²) in [5, 5.41) is 14.3. The van der Waals surface area contributed by atoms with Crippen molar-refractivity contribution in [1.82, 2.24) is 9.97 Å². The summed E-state index contributed by atoms with van der Waals surface area (Å²) in [6.07, 6.45) is -0.821. The second-order valence-corrected chi connectivity index (χ2v) is 6.00. The van der Waals surface area contributed by atoms with Crippen molar-refractivity contribution in [2.24, 2.45) is 10.7 Å². The van der Waals surface area contributed by atoms with Crippen LogP contribution >= 0.6 is 11.6 Å². The molecule has 0 unspecified atom stereocenters. The summed E-state index contributed by atoms with van der Waals surface area (Å²) >= 11 is 6.01. The highest BCUT2D eigenvalue weighted by molar-refractivity contribution is 6.32. The number of aliphatic hydroxyl groups excluding tert-OH is 1. The minimum Gasteiger partial charge on any atom is -0.403 e. The van der Waals surface area contributed by atoms with Gasteiger partial charge in [-0.1, -0.05) is 11.6 Å². The van der Waals surface area contributed by atoms with Gasteiger partial charge in [-0.15, -0.1) is 0 Å². The summed E-state index contributed by atoms with van der Waals surface area (Å²) in [6, 6.07) is 2.23. The van der Waals surface area contributed by atoms with E-state index in [1.54, 1.807) is 0 Å². The standard InChI is InChI=1S/C17H17ClF4N6O/c18-14-9-26-16(27-13(6-23)8-24-1-2-29)28-15(14)25-7-10-3-11(17(20,21)22)5-12(19)4-10/h3-6,8-9,29H,1-2,7,23H2,(H2,25,26,27,28). The van der Waals surface area contributed by atoms with Gasteiger partial charge in [-0.3, -0.25) is 4.99 Å². The van der Waals surface area contributed by atoms with Gasteiger partial charge in [0.1, 0.15) is 10.8 Å². The van der Waals surface area contributed by atoms with E-state index < -0.39 is 17.6 Å². The zero-order valence-corrected chi connectivity index (χ0v) is 15.6. The second-order valence-electron chi connectivity index (χ2n) is 5.60. The summed E-state index contributed by atoms with van der Waals surface area (Å²) in [4.78, 5) is 12.0. The van der Waals surface area contributed by atoms with Gasteiger partial charge in [0.2, 0.25) is 5.95 Å². The molecule has 156 valence electrons. The number of nitrogens with zero attached hydrogens (tertiary/aromatic N) is 3. The summed E-state index contributed by atoms with van der Waals surface area (Å²) < 4.78 is 52.0. The first-order valence-electron chi connectivity index (χ1n) is 8.15. The van der Waals surface area contributed by atoms with Gasteiger partial charge in [0.05, 0.1) is 30.6 Å². The van der Waals surface area contributed by atoms with Gasteiger partial charge in [0, 0.05) is 19.0 Å². The van der Waals surface area contributed by atoms with Crippen molar-refractivity contribution >= 4 is 29.6 Å². The van der Waals surface area contributed by atoms with Gasteiger partial charge in [-0.25, -0.2) is 9.37 Å². The predicted molar refractivity (Wildman–Crippen MR) is 102 cm³/mol. The van der Waals surface area contributed by atoms with Crippen molar-refractivity contribution in [1.29, 1.82) is 0 Å². The molecule has 1 aromatic heterocycles. The van der Waals surface area contributed by atoms with Gasteiger partial charge in [0.25, 0.3) is 0 Å². The van der Waals surface area contributed by atoms with E-state index in [-0.39, 0.29) is 42.0 Å². The molecule has 0 saturated carbocycles. The van der Waals surface area contributed by atoms with Crippen LogP contribution in [0.25, 0.3) is 0 Å². The number of aliphatic hydroxyl groups is 1. The highest BCUT2D eigenvalue weighted by Gasteiger charge is 2.31. The Morgan fingerprint density at radius 1 is 1.31 bits per heavy atom. The fraction of sp³-hybridized carbons (Fsp3) is 0.235. The third-order valence-electron chi connectivity index (χ3n) is 3.38. The van der Waals surface area contributed by atoms with Crippen molar-refractivity contribution < 1.29 is 22.7 Å². The van der Waals surface area contributed by atoms with Crippen molar-refractivity contribution in [3.8, 4) is 0 Å². The Kier molecular flexibility index (Phi) is 7.74. The van der Waals surface area contributed by atoms with Crippen LogP contribution in [0.15, 0.2) is 41.3 Å². The third kappa shape index (κ3) is 6.88. The first kappa shape index (κ1) is 22.4. The lowest BCUT2D eigenvalue weighted by atomic mass is 10.1. The number of nitrogens with one attached hydrogen (secondary N) is 2. The molecular weight excluding hydrogens is 416 g/mol. The minimum absolute atomic E-state index is 0.0557. The first-order chi connectivity index (χ1) is 13.7. The van der Waals surface area contributed by atoms with Gasteiger partial charge < -0.3 is 21.5 Å². The molecule has 29 heavy (non-hydrogen) atoms. The molecular formula is C17H17ClF4N6O. The molecule has 12 heteroatoms. The molecule has 0 spiro atoms.